The number of Topliss-reactive ketones (excluding diaryl/α,β-unsaturated/α-hetero) is 1. The number of carbonyl (C=O) groups is 1. The number of nitrogens with one attached hydrogen (secondary N) is 1. The smallest absolute Gasteiger partial charge is 0.157 e. The molecule has 0 spiro atoms. The Balaban J connectivity index is 2.51. The zero-order valence-electron chi connectivity index (χ0n) is 15.5. The SMILES string of the molecule is [2H]C([2H])([2H])C([2H])([2H])NC1(c2cccc(OC)c2)CCCCC1=O. The van der Waals surface area contributed by atoms with E-state index in [1.54, 1.807) is 24.3 Å². The molecule has 1 aromatic carbocycles. The molecule has 0 amide bonds. The molecular formula is C15H21NO2. The van der Waals surface area contributed by atoms with Gasteiger partial charge in [0.2, 0.25) is 0 Å². The van der Waals surface area contributed by atoms with Crippen molar-refractivity contribution in [1.82, 2.24) is 5.32 Å². The third kappa shape index (κ3) is 2.27. The first-order chi connectivity index (χ1) is 10.6. The van der Waals surface area contributed by atoms with Gasteiger partial charge in [0.05, 0.1) is 7.11 Å². The van der Waals surface area contributed by atoms with Gasteiger partial charge in [-0.3, -0.25) is 4.79 Å². The monoisotopic (exact) mass is 252 g/mol. The molecule has 1 unspecified atom stereocenters. The molecule has 0 bridgehead atoms. The van der Waals surface area contributed by atoms with Crippen molar-refractivity contribution >= 4 is 5.78 Å². The maximum atomic E-state index is 12.7. The lowest BCUT2D eigenvalue weighted by atomic mass is 9.75. The average Bonchev–Trinajstić information content (AvgIpc) is 2.48. The molecule has 18 heavy (non-hydrogen) atoms. The van der Waals surface area contributed by atoms with Gasteiger partial charge in [0.15, 0.2) is 5.78 Å². The van der Waals surface area contributed by atoms with Crippen LogP contribution in [0.1, 0.15) is 45.0 Å². The fourth-order valence-electron chi connectivity index (χ4n) is 2.53. The highest BCUT2D eigenvalue weighted by Crippen LogP contribution is 2.35. The zero-order valence-corrected chi connectivity index (χ0v) is 10.5. The summed E-state index contributed by atoms with van der Waals surface area (Å²) in [5.74, 6) is 0.349. The van der Waals surface area contributed by atoms with Crippen LogP contribution in [-0.4, -0.2) is 19.4 Å². The normalized spacial score (nSPS) is 29.6. The molecule has 0 saturated heterocycles. The van der Waals surface area contributed by atoms with Crippen LogP contribution in [0.2, 0.25) is 0 Å². The molecule has 0 heterocycles. The summed E-state index contributed by atoms with van der Waals surface area (Å²) in [6, 6.07) is 6.80. The molecule has 98 valence electrons. The second-order valence-corrected chi connectivity index (χ2v) is 4.52. The van der Waals surface area contributed by atoms with E-state index in [1.807, 2.05) is 0 Å². The fraction of sp³-hybridized carbons (Fsp3) is 0.533. The van der Waals surface area contributed by atoms with Gasteiger partial charge in [-0.2, -0.15) is 0 Å². The van der Waals surface area contributed by atoms with Crippen molar-refractivity contribution in [3.05, 3.63) is 29.8 Å². The van der Waals surface area contributed by atoms with Crippen molar-refractivity contribution in [3.8, 4) is 5.75 Å². The predicted molar refractivity (Wildman–Crippen MR) is 71.8 cm³/mol. The molecule has 1 atom stereocenters. The molecule has 0 aliphatic heterocycles. The summed E-state index contributed by atoms with van der Waals surface area (Å²) in [4.78, 5) is 12.7. The van der Waals surface area contributed by atoms with Crippen LogP contribution in [0.4, 0.5) is 0 Å². The summed E-state index contributed by atoms with van der Waals surface area (Å²) >= 11 is 0. The number of methoxy groups -OCH3 is 1. The minimum Gasteiger partial charge on any atom is -0.497 e. The molecule has 1 fully saturated rings. The van der Waals surface area contributed by atoms with E-state index in [0.29, 0.717) is 30.6 Å². The van der Waals surface area contributed by atoms with Crippen molar-refractivity contribution in [2.75, 3.05) is 13.6 Å². The number of ether oxygens (including phenoxy) is 1. The van der Waals surface area contributed by atoms with E-state index in [9.17, 15) is 4.79 Å². The van der Waals surface area contributed by atoms with Crippen molar-refractivity contribution in [3.63, 3.8) is 0 Å². The molecule has 1 aliphatic carbocycles. The molecule has 3 heteroatoms. The molecule has 1 aliphatic rings. The Bertz CT molecular complexity index is 587. The lowest BCUT2D eigenvalue weighted by molar-refractivity contribution is -0.128. The molecule has 1 saturated carbocycles. The Morgan fingerprint density at radius 2 is 2.44 bits per heavy atom. The molecule has 3 nitrogen and oxygen atoms in total. The topological polar surface area (TPSA) is 38.3 Å². The van der Waals surface area contributed by atoms with Crippen LogP contribution in [0.3, 0.4) is 0 Å². The lowest BCUT2D eigenvalue weighted by Crippen LogP contribution is -2.50. The second kappa shape index (κ2) is 5.53. The highest BCUT2D eigenvalue weighted by atomic mass is 16.5. The molecule has 2 rings (SSSR count). The molecule has 1 N–H and O–H groups in total. The van der Waals surface area contributed by atoms with E-state index < -0.39 is 18.9 Å². The third-order valence-corrected chi connectivity index (χ3v) is 3.52. The Morgan fingerprint density at radius 1 is 1.56 bits per heavy atom. The molecule has 0 aromatic heterocycles. The number of rotatable bonds is 4. The quantitative estimate of drug-likeness (QED) is 0.895. The Labute approximate surface area is 116 Å². The van der Waals surface area contributed by atoms with E-state index >= 15 is 0 Å². The number of benzene rings is 1. The summed E-state index contributed by atoms with van der Waals surface area (Å²) in [5.41, 5.74) is -0.806. The van der Waals surface area contributed by atoms with Crippen molar-refractivity contribution < 1.29 is 16.4 Å². The minimum atomic E-state index is -2.88. The predicted octanol–water partition coefficient (Wildman–Crippen LogP) is 2.64. The van der Waals surface area contributed by atoms with Crippen molar-refractivity contribution in [2.24, 2.45) is 0 Å². The number of ketones is 1. The first-order valence-electron chi connectivity index (χ1n) is 8.59. The summed E-state index contributed by atoms with van der Waals surface area (Å²) in [5, 5.41) is 2.53. The highest BCUT2D eigenvalue weighted by Gasteiger charge is 2.40. The van der Waals surface area contributed by atoms with E-state index in [1.165, 1.54) is 7.11 Å². The molecule has 0 radical (unpaired) electrons. The van der Waals surface area contributed by atoms with Gasteiger partial charge in [-0.05, 0) is 37.0 Å². The van der Waals surface area contributed by atoms with Crippen molar-refractivity contribution in [1.29, 1.82) is 0 Å². The number of likely N-dealkylation sites (N-methyl/N-ethyl adjacent to an activating group) is 1. The van der Waals surface area contributed by atoms with Gasteiger partial charge in [0.1, 0.15) is 11.3 Å². The summed E-state index contributed by atoms with van der Waals surface area (Å²) in [6.07, 6.45) is 2.09. The summed E-state index contributed by atoms with van der Waals surface area (Å²) < 4.78 is 43.2. The molecular weight excluding hydrogens is 226 g/mol. The summed E-state index contributed by atoms with van der Waals surface area (Å²) in [7, 11) is 1.50. The van der Waals surface area contributed by atoms with Crippen molar-refractivity contribution in [2.45, 2.75) is 38.1 Å². The van der Waals surface area contributed by atoms with Gasteiger partial charge in [0, 0.05) is 13.3 Å². The summed E-state index contributed by atoms with van der Waals surface area (Å²) in [6.45, 7) is -5.56. The van der Waals surface area contributed by atoms with E-state index in [4.69, 9.17) is 11.6 Å². The highest BCUT2D eigenvalue weighted by molar-refractivity contribution is 5.90. The van der Waals surface area contributed by atoms with Crippen LogP contribution in [-0.2, 0) is 10.3 Å². The van der Waals surface area contributed by atoms with Gasteiger partial charge in [-0.15, -0.1) is 0 Å². The second-order valence-electron chi connectivity index (χ2n) is 4.52. The fourth-order valence-corrected chi connectivity index (χ4v) is 2.53. The van der Waals surface area contributed by atoms with Crippen LogP contribution in [0.15, 0.2) is 24.3 Å². The maximum absolute atomic E-state index is 12.7. The van der Waals surface area contributed by atoms with E-state index in [-0.39, 0.29) is 5.78 Å². The van der Waals surface area contributed by atoms with Crippen LogP contribution >= 0.6 is 0 Å². The van der Waals surface area contributed by atoms with Gasteiger partial charge < -0.3 is 10.1 Å². The number of carbonyl (C=O) groups excluding carboxylic acids is 1. The van der Waals surface area contributed by atoms with Crippen LogP contribution in [0, 0.1) is 0 Å². The van der Waals surface area contributed by atoms with Crippen LogP contribution < -0.4 is 10.1 Å². The number of hydrogen-bond donors (Lipinski definition) is 1. The van der Waals surface area contributed by atoms with Crippen LogP contribution in [0.5, 0.6) is 5.75 Å². The Morgan fingerprint density at radius 3 is 3.17 bits per heavy atom. The van der Waals surface area contributed by atoms with Gasteiger partial charge in [-0.25, -0.2) is 0 Å². The van der Waals surface area contributed by atoms with E-state index in [2.05, 4.69) is 5.32 Å². The first kappa shape index (κ1) is 7.95. The number of hydrogen-bond acceptors (Lipinski definition) is 3. The van der Waals surface area contributed by atoms with Crippen LogP contribution in [0.25, 0.3) is 0 Å². The minimum absolute atomic E-state index is 0.190. The van der Waals surface area contributed by atoms with E-state index in [0.717, 1.165) is 6.42 Å². The van der Waals surface area contributed by atoms with Gasteiger partial charge in [0.25, 0.3) is 0 Å². The molecule has 1 aromatic rings. The van der Waals surface area contributed by atoms with Gasteiger partial charge in [-0.1, -0.05) is 25.4 Å². The Kier molecular flexibility index (Phi) is 2.44. The Hall–Kier alpha value is -1.35. The zero-order chi connectivity index (χ0) is 17.3. The lowest BCUT2D eigenvalue weighted by Gasteiger charge is -2.37. The average molecular weight is 252 g/mol. The third-order valence-electron chi connectivity index (χ3n) is 3.52. The largest absolute Gasteiger partial charge is 0.497 e. The first-order valence-corrected chi connectivity index (χ1v) is 6.09. The maximum Gasteiger partial charge on any atom is 0.157 e. The van der Waals surface area contributed by atoms with Gasteiger partial charge >= 0.3 is 0 Å². The standard InChI is InChI=1S/C15H21NO2/c1-3-16-15(10-5-4-9-14(15)17)12-7-6-8-13(11-12)18-2/h6-8,11,16H,3-5,9-10H2,1-2H3/i1D3,3D2.